The molecule has 0 atom stereocenters. The van der Waals surface area contributed by atoms with Gasteiger partial charge in [-0.15, -0.1) is 0 Å². The predicted molar refractivity (Wildman–Crippen MR) is 155 cm³/mol. The average molecular weight is 583 g/mol. The summed E-state index contributed by atoms with van der Waals surface area (Å²) < 4.78 is 16.4. The molecule has 1 saturated heterocycles. The summed E-state index contributed by atoms with van der Waals surface area (Å²) in [4.78, 5) is 30.7. The van der Waals surface area contributed by atoms with E-state index in [0.29, 0.717) is 39.5 Å². The molecular formula is C28H28Cl2N6O4. The SMILES string of the molecule is COc1cc(OC)c(Cl)c(-c2ccc(OC(=O)Nc3ccc(CN4CCN(C)CC4)cn3)c3nccnc23)c1Cl. The molecule has 1 amide bonds. The number of anilines is 1. The minimum Gasteiger partial charge on any atom is -0.495 e. The van der Waals surface area contributed by atoms with Gasteiger partial charge in [0.05, 0.1) is 24.3 Å². The van der Waals surface area contributed by atoms with Gasteiger partial charge in [-0.3, -0.25) is 15.2 Å². The third-order valence-electron chi connectivity index (χ3n) is 6.69. The van der Waals surface area contributed by atoms with Crippen LogP contribution in [0.5, 0.6) is 17.2 Å². The van der Waals surface area contributed by atoms with E-state index < -0.39 is 6.09 Å². The van der Waals surface area contributed by atoms with Crippen LogP contribution in [0, 0.1) is 0 Å². The molecule has 0 bridgehead atoms. The van der Waals surface area contributed by atoms with Crippen LogP contribution in [-0.4, -0.2) is 78.3 Å². The van der Waals surface area contributed by atoms with Crippen molar-refractivity contribution in [3.8, 4) is 28.4 Å². The number of likely N-dealkylation sites (N-methyl/N-ethyl adjacent to an activating group) is 1. The molecule has 0 radical (unpaired) electrons. The van der Waals surface area contributed by atoms with Crippen molar-refractivity contribution in [3.63, 3.8) is 0 Å². The van der Waals surface area contributed by atoms with Crippen LogP contribution in [0.25, 0.3) is 22.2 Å². The highest BCUT2D eigenvalue weighted by Gasteiger charge is 2.23. The number of rotatable bonds is 7. The first-order valence-corrected chi connectivity index (χ1v) is 13.3. The fourth-order valence-corrected chi connectivity index (χ4v) is 5.23. The van der Waals surface area contributed by atoms with Gasteiger partial charge in [-0.25, -0.2) is 14.8 Å². The molecule has 1 aliphatic rings. The number of nitrogens with zero attached hydrogens (tertiary/aromatic N) is 5. The number of nitrogens with one attached hydrogen (secondary N) is 1. The summed E-state index contributed by atoms with van der Waals surface area (Å²) in [6.45, 7) is 4.94. The first-order valence-electron chi connectivity index (χ1n) is 12.6. The molecule has 4 aromatic rings. The van der Waals surface area contributed by atoms with Crippen LogP contribution >= 0.6 is 23.2 Å². The van der Waals surface area contributed by atoms with Gasteiger partial charge in [0.2, 0.25) is 0 Å². The van der Waals surface area contributed by atoms with E-state index in [-0.39, 0.29) is 15.8 Å². The number of hydrogen-bond acceptors (Lipinski definition) is 9. The normalized spacial score (nSPS) is 14.2. The predicted octanol–water partition coefficient (Wildman–Crippen LogP) is 5.37. The molecule has 0 unspecified atom stereocenters. The molecule has 208 valence electrons. The zero-order valence-electron chi connectivity index (χ0n) is 22.3. The van der Waals surface area contributed by atoms with Crippen molar-refractivity contribution >= 4 is 46.1 Å². The number of aromatic nitrogens is 3. The Kier molecular flexibility index (Phi) is 8.51. The van der Waals surface area contributed by atoms with Crippen molar-refractivity contribution in [1.29, 1.82) is 0 Å². The molecule has 0 spiro atoms. The second kappa shape index (κ2) is 12.2. The van der Waals surface area contributed by atoms with Crippen molar-refractivity contribution in [2.45, 2.75) is 6.54 Å². The van der Waals surface area contributed by atoms with Gasteiger partial charge in [0.15, 0.2) is 5.75 Å². The summed E-state index contributed by atoms with van der Waals surface area (Å²) >= 11 is 13.3. The molecule has 12 heteroatoms. The molecule has 1 N–H and O–H groups in total. The lowest BCUT2D eigenvalue weighted by Crippen LogP contribution is -2.43. The number of methoxy groups -OCH3 is 2. The van der Waals surface area contributed by atoms with Gasteiger partial charge in [0, 0.05) is 68.5 Å². The van der Waals surface area contributed by atoms with E-state index in [9.17, 15) is 4.79 Å². The molecule has 2 aromatic heterocycles. The number of amides is 1. The number of ether oxygens (including phenoxy) is 3. The standard InChI is InChI=1S/C28H28Cl2N6O4/c1-35-10-12-36(13-11-35)16-17-4-7-22(33-15-17)34-28(37)40-19-6-5-18(26-27(19)32-9-8-31-26)23-24(29)20(38-2)14-21(39-3)25(23)30/h4-9,14-15H,10-13,16H2,1-3H3,(H,33,34,37). The number of carbonyl (C=O) groups is 1. The Morgan fingerprint density at radius 3 is 2.20 bits per heavy atom. The monoisotopic (exact) mass is 582 g/mol. The fraction of sp³-hybridized carbons (Fsp3) is 0.286. The van der Waals surface area contributed by atoms with Gasteiger partial charge >= 0.3 is 6.09 Å². The number of halogens is 2. The lowest BCUT2D eigenvalue weighted by molar-refractivity contribution is 0.148. The van der Waals surface area contributed by atoms with Crippen molar-refractivity contribution < 1.29 is 19.0 Å². The highest BCUT2D eigenvalue weighted by molar-refractivity contribution is 6.41. The maximum atomic E-state index is 12.8. The minimum absolute atomic E-state index is 0.207. The van der Waals surface area contributed by atoms with Gasteiger partial charge in [-0.05, 0) is 30.8 Å². The Bertz CT molecular complexity index is 1500. The maximum Gasteiger partial charge on any atom is 0.418 e. The summed E-state index contributed by atoms with van der Waals surface area (Å²) in [7, 11) is 5.13. The van der Waals surface area contributed by atoms with Gasteiger partial charge in [0.25, 0.3) is 0 Å². The number of pyridine rings is 1. The molecule has 0 aliphatic carbocycles. The van der Waals surface area contributed by atoms with Crippen molar-refractivity contribution in [2.24, 2.45) is 0 Å². The van der Waals surface area contributed by atoms with Gasteiger partial charge in [-0.2, -0.15) is 0 Å². The Balaban J connectivity index is 1.35. The molecule has 0 saturated carbocycles. The molecular weight excluding hydrogens is 555 g/mol. The van der Waals surface area contributed by atoms with Crippen molar-refractivity contribution in [2.75, 3.05) is 52.8 Å². The van der Waals surface area contributed by atoms with E-state index in [1.165, 1.54) is 26.6 Å². The molecule has 2 aromatic carbocycles. The van der Waals surface area contributed by atoms with E-state index in [0.717, 1.165) is 38.3 Å². The van der Waals surface area contributed by atoms with E-state index in [1.807, 2.05) is 6.07 Å². The van der Waals surface area contributed by atoms with Crippen molar-refractivity contribution in [3.05, 3.63) is 64.5 Å². The lowest BCUT2D eigenvalue weighted by Gasteiger charge is -2.32. The van der Waals surface area contributed by atoms with Crippen LogP contribution < -0.4 is 19.5 Å². The molecule has 10 nitrogen and oxygen atoms in total. The number of fused-ring (bicyclic) bond motifs is 1. The van der Waals surface area contributed by atoms with E-state index in [4.69, 9.17) is 37.4 Å². The number of benzene rings is 2. The Morgan fingerprint density at radius 1 is 0.900 bits per heavy atom. The Labute approximate surface area is 241 Å². The third kappa shape index (κ3) is 5.90. The van der Waals surface area contributed by atoms with E-state index >= 15 is 0 Å². The van der Waals surface area contributed by atoms with Crippen LogP contribution in [0.1, 0.15) is 5.56 Å². The topological polar surface area (TPSA) is 102 Å². The van der Waals surface area contributed by atoms with Crippen LogP contribution in [-0.2, 0) is 6.54 Å². The van der Waals surface area contributed by atoms with E-state index in [1.54, 1.807) is 30.5 Å². The van der Waals surface area contributed by atoms with Crippen LogP contribution in [0.2, 0.25) is 10.0 Å². The molecule has 1 fully saturated rings. The van der Waals surface area contributed by atoms with Gasteiger partial charge in [0.1, 0.15) is 28.4 Å². The Morgan fingerprint density at radius 2 is 1.57 bits per heavy atom. The van der Waals surface area contributed by atoms with Gasteiger partial charge in [-0.1, -0.05) is 29.3 Å². The molecule has 3 heterocycles. The first kappa shape index (κ1) is 27.9. The largest absolute Gasteiger partial charge is 0.495 e. The number of piperazine rings is 1. The second-order valence-electron chi connectivity index (χ2n) is 9.29. The maximum absolute atomic E-state index is 12.8. The summed E-state index contributed by atoms with van der Waals surface area (Å²) in [6, 6.07) is 8.63. The quantitative estimate of drug-likeness (QED) is 0.308. The van der Waals surface area contributed by atoms with Gasteiger partial charge < -0.3 is 19.1 Å². The first-order chi connectivity index (χ1) is 19.4. The average Bonchev–Trinajstić information content (AvgIpc) is 2.96. The van der Waals surface area contributed by atoms with E-state index in [2.05, 4.69) is 37.1 Å². The zero-order chi connectivity index (χ0) is 28.2. The van der Waals surface area contributed by atoms with Crippen molar-refractivity contribution in [1.82, 2.24) is 24.8 Å². The Hall–Kier alpha value is -3.70. The highest BCUT2D eigenvalue weighted by Crippen LogP contribution is 2.47. The molecule has 1 aliphatic heterocycles. The number of carbonyl (C=O) groups excluding carboxylic acids is 1. The minimum atomic E-state index is -0.710. The summed E-state index contributed by atoms with van der Waals surface area (Å²) in [5.74, 6) is 1.35. The molecule has 5 rings (SSSR count). The third-order valence-corrected chi connectivity index (χ3v) is 7.44. The van der Waals surface area contributed by atoms with Crippen LogP contribution in [0.15, 0.2) is 48.9 Å². The molecule has 40 heavy (non-hydrogen) atoms. The van der Waals surface area contributed by atoms with Crippen LogP contribution in [0.3, 0.4) is 0 Å². The second-order valence-corrected chi connectivity index (χ2v) is 10.1. The summed E-state index contributed by atoms with van der Waals surface area (Å²) in [5.41, 5.74) is 2.88. The summed E-state index contributed by atoms with van der Waals surface area (Å²) in [5, 5.41) is 3.24. The highest BCUT2D eigenvalue weighted by atomic mass is 35.5. The smallest absolute Gasteiger partial charge is 0.418 e. The summed E-state index contributed by atoms with van der Waals surface area (Å²) in [6.07, 6.45) is 4.09. The fourth-order valence-electron chi connectivity index (χ4n) is 4.52. The lowest BCUT2D eigenvalue weighted by atomic mass is 10.0. The zero-order valence-corrected chi connectivity index (χ0v) is 23.8. The number of hydrogen-bond donors (Lipinski definition) is 1. The van der Waals surface area contributed by atoms with Crippen LogP contribution in [0.4, 0.5) is 10.6 Å².